The number of alkyl halides is 3. The lowest BCUT2D eigenvalue weighted by Gasteiger charge is -2.48. The molecule has 2 aliphatic rings. The normalized spacial score (nSPS) is 30.7. The molecule has 3 atom stereocenters. The zero-order valence-electron chi connectivity index (χ0n) is 9.57. The van der Waals surface area contributed by atoms with Crippen LogP contribution >= 0.6 is 0 Å². The number of fused-ring (bicyclic) bond motifs is 2. The summed E-state index contributed by atoms with van der Waals surface area (Å²) in [6.07, 6.45) is -2.10. The van der Waals surface area contributed by atoms with Gasteiger partial charge in [-0.2, -0.15) is 13.2 Å². The topological polar surface area (TPSA) is 34.1 Å². The van der Waals surface area contributed by atoms with Gasteiger partial charge in [0.15, 0.2) is 0 Å². The summed E-state index contributed by atoms with van der Waals surface area (Å²) < 4.78 is 43.2. The zero-order chi connectivity index (χ0) is 12.8. The molecule has 1 aliphatic heterocycles. The average Bonchev–Trinajstić information content (AvgIpc) is 2.36. The zero-order valence-corrected chi connectivity index (χ0v) is 9.57. The van der Waals surface area contributed by atoms with Crippen molar-refractivity contribution in [3.8, 4) is 5.88 Å². The highest BCUT2D eigenvalue weighted by molar-refractivity contribution is 5.23. The van der Waals surface area contributed by atoms with Crippen molar-refractivity contribution < 1.29 is 17.9 Å². The Hall–Kier alpha value is -1.30. The molecule has 1 saturated heterocycles. The third-order valence-corrected chi connectivity index (χ3v) is 3.67. The van der Waals surface area contributed by atoms with E-state index in [4.69, 9.17) is 4.74 Å². The summed E-state index contributed by atoms with van der Waals surface area (Å²) in [6, 6.07) is 1.93. The van der Waals surface area contributed by atoms with Crippen LogP contribution in [0, 0.1) is 11.8 Å². The Morgan fingerprint density at radius 3 is 2.61 bits per heavy atom. The quantitative estimate of drug-likeness (QED) is 0.882. The summed E-state index contributed by atoms with van der Waals surface area (Å²) in [5.41, 5.74) is -0.713. The number of halogens is 3. The van der Waals surface area contributed by atoms with Gasteiger partial charge in [0, 0.05) is 37.2 Å². The number of aromatic nitrogens is 1. The van der Waals surface area contributed by atoms with Crippen LogP contribution in [0.1, 0.15) is 12.0 Å². The molecule has 0 spiro atoms. The SMILES string of the molecule is FC(F)(F)c1ccnc(OC2[C@@H]3CNC[C@H]2C3)c1. The average molecular weight is 258 g/mol. The molecule has 3 nitrogen and oxygen atoms in total. The van der Waals surface area contributed by atoms with E-state index in [2.05, 4.69) is 10.3 Å². The Morgan fingerprint density at radius 2 is 2.00 bits per heavy atom. The van der Waals surface area contributed by atoms with Gasteiger partial charge >= 0.3 is 6.18 Å². The van der Waals surface area contributed by atoms with Gasteiger partial charge in [-0.25, -0.2) is 4.98 Å². The van der Waals surface area contributed by atoms with Gasteiger partial charge in [-0.3, -0.25) is 0 Å². The lowest BCUT2D eigenvalue weighted by atomic mass is 9.69. The van der Waals surface area contributed by atoms with E-state index in [9.17, 15) is 13.2 Å². The van der Waals surface area contributed by atoms with Crippen molar-refractivity contribution in [1.82, 2.24) is 10.3 Å². The van der Waals surface area contributed by atoms with Crippen LogP contribution in [0.2, 0.25) is 0 Å². The summed E-state index contributed by atoms with van der Waals surface area (Å²) in [5, 5.41) is 3.26. The van der Waals surface area contributed by atoms with Gasteiger partial charge in [0.2, 0.25) is 5.88 Å². The fourth-order valence-corrected chi connectivity index (χ4v) is 2.68. The minimum absolute atomic E-state index is 0.0160. The second kappa shape index (κ2) is 4.12. The number of piperidine rings is 2. The smallest absolute Gasteiger partial charge is 0.416 e. The van der Waals surface area contributed by atoms with Crippen molar-refractivity contribution >= 4 is 0 Å². The number of rotatable bonds is 2. The molecule has 3 rings (SSSR count). The summed E-state index contributed by atoms with van der Waals surface area (Å²) in [4.78, 5) is 3.86. The highest BCUT2D eigenvalue weighted by Crippen LogP contribution is 2.39. The van der Waals surface area contributed by atoms with Crippen LogP contribution in [0.5, 0.6) is 5.88 Å². The van der Waals surface area contributed by atoms with Crippen molar-refractivity contribution in [2.75, 3.05) is 13.1 Å². The number of ether oxygens (including phenoxy) is 1. The predicted octanol–water partition coefficient (Wildman–Crippen LogP) is 2.09. The van der Waals surface area contributed by atoms with E-state index < -0.39 is 11.7 Å². The van der Waals surface area contributed by atoms with Crippen molar-refractivity contribution in [3.63, 3.8) is 0 Å². The van der Waals surface area contributed by atoms with Gasteiger partial charge in [0.05, 0.1) is 5.56 Å². The van der Waals surface area contributed by atoms with Crippen molar-refractivity contribution in [1.29, 1.82) is 0 Å². The van der Waals surface area contributed by atoms with Gasteiger partial charge in [-0.05, 0) is 12.5 Å². The first-order valence-electron chi connectivity index (χ1n) is 5.94. The first-order valence-corrected chi connectivity index (χ1v) is 5.94. The molecule has 2 heterocycles. The standard InChI is InChI=1S/C12H13F3N2O/c13-12(14,15)9-1-2-17-10(4-9)18-11-7-3-8(11)6-16-5-7/h1-2,4,7-8,11,16H,3,5-6H2/t7-,8+,11?. The number of nitrogens with one attached hydrogen (secondary N) is 1. The fourth-order valence-electron chi connectivity index (χ4n) is 2.68. The molecule has 1 saturated carbocycles. The number of pyridine rings is 1. The molecule has 1 unspecified atom stereocenters. The van der Waals surface area contributed by atoms with Gasteiger partial charge in [0.25, 0.3) is 0 Å². The Balaban J connectivity index is 1.73. The lowest BCUT2D eigenvalue weighted by molar-refractivity contribution is -0.138. The maximum Gasteiger partial charge on any atom is 0.416 e. The van der Waals surface area contributed by atoms with Crippen LogP contribution in [0.4, 0.5) is 13.2 Å². The molecule has 1 aromatic heterocycles. The maximum absolute atomic E-state index is 12.5. The van der Waals surface area contributed by atoms with E-state index in [0.717, 1.165) is 37.8 Å². The van der Waals surface area contributed by atoms with E-state index in [1.165, 1.54) is 0 Å². The second-order valence-corrected chi connectivity index (χ2v) is 4.88. The summed E-state index contributed by atoms with van der Waals surface area (Å²) in [6.45, 7) is 1.75. The molecule has 1 N–H and O–H groups in total. The van der Waals surface area contributed by atoms with Gasteiger partial charge in [-0.1, -0.05) is 0 Å². The van der Waals surface area contributed by atoms with Crippen LogP contribution in [0.3, 0.4) is 0 Å². The van der Waals surface area contributed by atoms with Gasteiger partial charge in [-0.15, -0.1) is 0 Å². The third-order valence-electron chi connectivity index (χ3n) is 3.67. The molecule has 18 heavy (non-hydrogen) atoms. The predicted molar refractivity (Wildman–Crippen MR) is 58.1 cm³/mol. The minimum Gasteiger partial charge on any atom is -0.474 e. The molecule has 2 bridgehead atoms. The molecule has 2 fully saturated rings. The molecule has 98 valence electrons. The number of hydrogen-bond acceptors (Lipinski definition) is 3. The van der Waals surface area contributed by atoms with E-state index >= 15 is 0 Å². The monoisotopic (exact) mass is 258 g/mol. The van der Waals surface area contributed by atoms with Gasteiger partial charge < -0.3 is 10.1 Å². The third kappa shape index (κ3) is 2.05. The molecule has 0 radical (unpaired) electrons. The van der Waals surface area contributed by atoms with Crippen LogP contribution in [-0.2, 0) is 6.18 Å². The van der Waals surface area contributed by atoms with E-state index in [1.807, 2.05) is 0 Å². The Kier molecular flexibility index (Phi) is 2.69. The summed E-state index contributed by atoms with van der Waals surface area (Å²) in [5.74, 6) is 0.881. The Labute approximate surface area is 102 Å². The van der Waals surface area contributed by atoms with Crippen molar-refractivity contribution in [2.45, 2.75) is 18.7 Å². The molecule has 1 aromatic rings. The largest absolute Gasteiger partial charge is 0.474 e. The van der Waals surface area contributed by atoms with Crippen LogP contribution in [0.25, 0.3) is 0 Å². The van der Waals surface area contributed by atoms with Crippen molar-refractivity contribution in [2.24, 2.45) is 11.8 Å². The maximum atomic E-state index is 12.5. The molecular formula is C12H13F3N2O. The van der Waals surface area contributed by atoms with Crippen LogP contribution < -0.4 is 10.1 Å². The van der Waals surface area contributed by atoms with Gasteiger partial charge in [0.1, 0.15) is 6.10 Å². The second-order valence-electron chi connectivity index (χ2n) is 4.88. The van der Waals surface area contributed by atoms with Crippen molar-refractivity contribution in [3.05, 3.63) is 23.9 Å². The van der Waals surface area contributed by atoms with Crippen LogP contribution in [0.15, 0.2) is 18.3 Å². The molecule has 6 heteroatoms. The lowest BCUT2D eigenvalue weighted by Crippen LogP contribution is -2.59. The minimum atomic E-state index is -4.35. The van der Waals surface area contributed by atoms with E-state index in [1.54, 1.807) is 0 Å². The van der Waals surface area contributed by atoms with E-state index in [-0.39, 0.29) is 12.0 Å². The van der Waals surface area contributed by atoms with Crippen LogP contribution in [-0.4, -0.2) is 24.2 Å². The molecule has 0 amide bonds. The number of nitrogens with zero attached hydrogens (tertiary/aromatic N) is 1. The Morgan fingerprint density at radius 1 is 1.28 bits per heavy atom. The molecule has 0 aromatic carbocycles. The summed E-state index contributed by atoms with van der Waals surface area (Å²) >= 11 is 0. The highest BCUT2D eigenvalue weighted by Gasteiger charge is 2.45. The first kappa shape index (κ1) is 11.8. The fraction of sp³-hybridized carbons (Fsp3) is 0.583. The van der Waals surface area contributed by atoms with E-state index in [0.29, 0.717) is 11.8 Å². The molecular weight excluding hydrogens is 245 g/mol. The number of hydrogen-bond donors (Lipinski definition) is 1. The highest BCUT2D eigenvalue weighted by atomic mass is 19.4. The Bertz CT molecular complexity index is 435. The molecule has 1 aliphatic carbocycles. The summed E-state index contributed by atoms with van der Waals surface area (Å²) in [7, 11) is 0. The first-order chi connectivity index (χ1) is 8.54.